The second kappa shape index (κ2) is 8.29. The number of hydrogen-bond acceptors (Lipinski definition) is 4. The van der Waals surface area contributed by atoms with E-state index in [1.165, 1.54) is 25.0 Å². The number of rotatable bonds is 9. The van der Waals surface area contributed by atoms with Gasteiger partial charge in [-0.15, -0.1) is 0 Å². The first kappa shape index (κ1) is 19.9. The molecule has 0 radical (unpaired) electrons. The Hall–Kier alpha value is -1.44. The van der Waals surface area contributed by atoms with Crippen molar-refractivity contribution in [2.75, 3.05) is 13.1 Å². The van der Waals surface area contributed by atoms with Crippen molar-refractivity contribution in [2.24, 2.45) is 11.1 Å². The van der Waals surface area contributed by atoms with E-state index in [4.69, 9.17) is 5.14 Å². The molecule has 1 saturated carbocycles. The highest BCUT2D eigenvalue weighted by Crippen LogP contribution is 2.30. The molecule has 0 saturated heterocycles. The Morgan fingerprint density at radius 3 is 2.32 bits per heavy atom. The fraction of sp³-hybridized carbons (Fsp3) is 0.611. The van der Waals surface area contributed by atoms with Crippen molar-refractivity contribution < 1.29 is 13.2 Å². The average molecular weight is 368 g/mol. The van der Waals surface area contributed by atoms with E-state index in [1.54, 1.807) is 12.1 Å². The van der Waals surface area contributed by atoms with Gasteiger partial charge in [-0.1, -0.05) is 26.0 Å². The molecule has 1 amide bonds. The molecular weight excluding hydrogens is 338 g/mol. The maximum Gasteiger partial charge on any atom is 0.238 e. The molecule has 140 valence electrons. The third kappa shape index (κ3) is 6.09. The summed E-state index contributed by atoms with van der Waals surface area (Å²) in [5.41, 5.74) is 0.960. The second-order valence-corrected chi connectivity index (χ2v) is 8.74. The Morgan fingerprint density at radius 2 is 1.84 bits per heavy atom. The number of carbonyl (C=O) groups is 1. The maximum absolute atomic E-state index is 12.2. The Balaban J connectivity index is 1.80. The van der Waals surface area contributed by atoms with Crippen LogP contribution in [0.2, 0.25) is 0 Å². The first-order valence-corrected chi connectivity index (χ1v) is 10.4. The van der Waals surface area contributed by atoms with Crippen LogP contribution in [-0.2, 0) is 21.2 Å². The Morgan fingerprint density at radius 1 is 1.24 bits per heavy atom. The van der Waals surface area contributed by atoms with Crippen LogP contribution in [0.4, 0.5) is 0 Å². The molecule has 1 aromatic carbocycles. The van der Waals surface area contributed by atoms with Gasteiger partial charge in [0.25, 0.3) is 0 Å². The second-order valence-electron chi connectivity index (χ2n) is 7.18. The van der Waals surface area contributed by atoms with Gasteiger partial charge in [-0.25, -0.2) is 13.6 Å². The van der Waals surface area contributed by atoms with E-state index in [9.17, 15) is 13.2 Å². The van der Waals surface area contributed by atoms with Crippen LogP contribution in [0.15, 0.2) is 29.2 Å². The molecule has 7 heteroatoms. The molecule has 1 aliphatic carbocycles. The Bertz CT molecular complexity index is 682. The maximum atomic E-state index is 12.2. The number of primary sulfonamides is 1. The number of nitrogens with two attached hydrogens (primary N) is 1. The van der Waals surface area contributed by atoms with Gasteiger partial charge >= 0.3 is 0 Å². The summed E-state index contributed by atoms with van der Waals surface area (Å²) >= 11 is 0. The van der Waals surface area contributed by atoms with Crippen LogP contribution in [0.5, 0.6) is 0 Å². The van der Waals surface area contributed by atoms with Crippen LogP contribution >= 0.6 is 0 Å². The first-order chi connectivity index (χ1) is 11.7. The lowest BCUT2D eigenvalue weighted by Crippen LogP contribution is -2.45. The molecule has 1 aromatic rings. The topological polar surface area (TPSA) is 92.5 Å². The van der Waals surface area contributed by atoms with Gasteiger partial charge in [0, 0.05) is 18.6 Å². The van der Waals surface area contributed by atoms with Crippen molar-refractivity contribution in [1.82, 2.24) is 10.2 Å². The first-order valence-electron chi connectivity index (χ1n) is 8.82. The Kier molecular flexibility index (Phi) is 6.59. The molecule has 6 nitrogen and oxygen atoms in total. The number of hydrogen-bond donors (Lipinski definition) is 2. The zero-order chi connectivity index (χ0) is 18.6. The molecular formula is C18H29N3O3S. The molecule has 3 N–H and O–H groups in total. The van der Waals surface area contributed by atoms with Gasteiger partial charge in [0.15, 0.2) is 0 Å². The van der Waals surface area contributed by atoms with E-state index in [1.807, 2.05) is 0 Å². The zero-order valence-corrected chi connectivity index (χ0v) is 16.1. The molecule has 0 heterocycles. The van der Waals surface area contributed by atoms with Crippen molar-refractivity contribution >= 4 is 15.9 Å². The monoisotopic (exact) mass is 367 g/mol. The van der Waals surface area contributed by atoms with Gasteiger partial charge in [0.05, 0.1) is 11.4 Å². The minimum atomic E-state index is -3.66. The van der Waals surface area contributed by atoms with Crippen molar-refractivity contribution in [3.63, 3.8) is 0 Å². The van der Waals surface area contributed by atoms with Crippen molar-refractivity contribution in [3.05, 3.63) is 29.8 Å². The predicted molar refractivity (Wildman–Crippen MR) is 98.6 cm³/mol. The molecule has 2 rings (SSSR count). The molecule has 1 fully saturated rings. The van der Waals surface area contributed by atoms with Crippen LogP contribution < -0.4 is 10.5 Å². The standard InChI is InChI=1S/C18H29N3O3S/c1-13(2)14(3)21(16-6-7-16)12-18(22)20-11-10-15-4-8-17(9-5-15)25(19,23)24/h4-5,8-9,13-14,16H,6-7,10-12H2,1-3H3,(H,20,22)(H2,19,23,24). The SMILES string of the molecule is CC(C)C(C)N(CC(=O)NCCc1ccc(S(N)(=O)=O)cc1)C1CC1. The predicted octanol–water partition coefficient (Wildman–Crippen LogP) is 1.50. The molecule has 1 atom stereocenters. The van der Waals surface area contributed by atoms with Gasteiger partial charge in [0.2, 0.25) is 15.9 Å². The van der Waals surface area contributed by atoms with E-state index >= 15 is 0 Å². The summed E-state index contributed by atoms with van der Waals surface area (Å²) in [7, 11) is -3.66. The van der Waals surface area contributed by atoms with E-state index in [0.717, 1.165) is 5.56 Å². The molecule has 0 bridgehead atoms. The van der Waals surface area contributed by atoms with Gasteiger partial charge in [0.1, 0.15) is 0 Å². The average Bonchev–Trinajstić information content (AvgIpc) is 3.36. The van der Waals surface area contributed by atoms with Gasteiger partial charge < -0.3 is 5.32 Å². The van der Waals surface area contributed by atoms with Crippen LogP contribution in [0.3, 0.4) is 0 Å². The van der Waals surface area contributed by atoms with Crippen LogP contribution in [-0.4, -0.2) is 44.4 Å². The van der Waals surface area contributed by atoms with Crippen molar-refractivity contribution in [3.8, 4) is 0 Å². The summed E-state index contributed by atoms with van der Waals surface area (Å²) in [5.74, 6) is 0.561. The van der Waals surface area contributed by atoms with Gasteiger partial charge in [-0.05, 0) is 49.8 Å². The van der Waals surface area contributed by atoms with Crippen LogP contribution in [0.1, 0.15) is 39.2 Å². The number of sulfonamides is 1. The number of carbonyl (C=O) groups excluding carboxylic acids is 1. The van der Waals surface area contributed by atoms with Crippen LogP contribution in [0, 0.1) is 5.92 Å². The van der Waals surface area contributed by atoms with E-state index in [-0.39, 0.29) is 10.8 Å². The molecule has 0 spiro atoms. The number of nitrogens with zero attached hydrogens (tertiary/aromatic N) is 1. The highest BCUT2D eigenvalue weighted by molar-refractivity contribution is 7.89. The van der Waals surface area contributed by atoms with E-state index in [2.05, 4.69) is 31.0 Å². The summed E-state index contributed by atoms with van der Waals surface area (Å²) in [6, 6.07) is 7.38. The highest BCUT2D eigenvalue weighted by Gasteiger charge is 2.34. The van der Waals surface area contributed by atoms with Crippen LogP contribution in [0.25, 0.3) is 0 Å². The largest absolute Gasteiger partial charge is 0.355 e. The molecule has 25 heavy (non-hydrogen) atoms. The van der Waals surface area contributed by atoms with Gasteiger partial charge in [-0.3, -0.25) is 9.69 Å². The summed E-state index contributed by atoms with van der Waals surface area (Å²) < 4.78 is 22.5. The van der Waals surface area contributed by atoms with Crippen molar-refractivity contribution in [1.29, 1.82) is 0 Å². The van der Waals surface area contributed by atoms with E-state index < -0.39 is 10.0 Å². The fourth-order valence-electron chi connectivity index (χ4n) is 2.81. The smallest absolute Gasteiger partial charge is 0.238 e. The highest BCUT2D eigenvalue weighted by atomic mass is 32.2. The summed E-state index contributed by atoms with van der Waals surface area (Å²) in [4.78, 5) is 14.6. The minimum absolute atomic E-state index is 0.0422. The number of amides is 1. The molecule has 0 aliphatic heterocycles. The van der Waals surface area contributed by atoms with Crippen molar-refractivity contribution in [2.45, 2.75) is 57.0 Å². The third-order valence-corrected chi connectivity index (χ3v) is 5.75. The fourth-order valence-corrected chi connectivity index (χ4v) is 3.32. The lowest BCUT2D eigenvalue weighted by molar-refractivity contribution is -0.123. The normalized spacial score (nSPS) is 16.2. The molecule has 1 unspecified atom stereocenters. The molecule has 0 aromatic heterocycles. The number of nitrogens with one attached hydrogen (secondary N) is 1. The summed E-state index contributed by atoms with van der Waals surface area (Å²) in [6.45, 7) is 7.52. The quantitative estimate of drug-likeness (QED) is 0.692. The van der Waals surface area contributed by atoms with Gasteiger partial charge in [-0.2, -0.15) is 0 Å². The summed E-state index contributed by atoms with van der Waals surface area (Å²) in [5, 5.41) is 8.04. The third-order valence-electron chi connectivity index (χ3n) is 4.82. The Labute approximate surface area is 150 Å². The molecule has 1 aliphatic rings. The zero-order valence-electron chi connectivity index (χ0n) is 15.2. The van der Waals surface area contributed by atoms with E-state index in [0.29, 0.717) is 37.5 Å². The lowest BCUT2D eigenvalue weighted by Gasteiger charge is -2.31. The minimum Gasteiger partial charge on any atom is -0.355 e. The number of benzene rings is 1. The summed E-state index contributed by atoms with van der Waals surface area (Å²) in [6.07, 6.45) is 3.02. The lowest BCUT2D eigenvalue weighted by atomic mass is 10.0.